The van der Waals surface area contributed by atoms with Gasteiger partial charge in [0, 0.05) is 23.4 Å². The lowest BCUT2D eigenvalue weighted by molar-refractivity contribution is -0.147. The van der Waals surface area contributed by atoms with Crippen LogP contribution >= 0.6 is 11.8 Å². The summed E-state index contributed by atoms with van der Waals surface area (Å²) < 4.78 is 5.02. The average Bonchev–Trinajstić information content (AvgIpc) is 2.75. The summed E-state index contributed by atoms with van der Waals surface area (Å²) in [5.41, 5.74) is 1.33. The van der Waals surface area contributed by atoms with Crippen molar-refractivity contribution >= 4 is 34.4 Å². The van der Waals surface area contributed by atoms with Gasteiger partial charge in [0.05, 0.1) is 17.5 Å². The molecular weight excluding hydrogens is 390 g/mol. The molecule has 150 valence electrons. The summed E-state index contributed by atoms with van der Waals surface area (Å²) in [4.78, 5) is 35.6. The third-order valence-corrected chi connectivity index (χ3v) is 5.16. The highest BCUT2D eigenvalue weighted by Gasteiger charge is 2.13. The molecule has 0 aliphatic heterocycles. The van der Waals surface area contributed by atoms with Gasteiger partial charge in [-0.05, 0) is 11.6 Å². The van der Waals surface area contributed by atoms with Gasteiger partial charge in [-0.1, -0.05) is 48.5 Å². The van der Waals surface area contributed by atoms with E-state index in [4.69, 9.17) is 4.74 Å². The van der Waals surface area contributed by atoms with Crippen molar-refractivity contribution < 1.29 is 14.3 Å². The number of H-pyrrole nitrogens is 1. The zero-order chi connectivity index (χ0) is 20.5. The number of hydrogen-bond acceptors (Lipinski definition) is 6. The number of nitrogens with zero attached hydrogens (tertiary/aromatic N) is 1. The molecule has 0 saturated heterocycles. The summed E-state index contributed by atoms with van der Waals surface area (Å²) in [5, 5.41) is 10.1. The average molecular weight is 411 g/mol. The van der Waals surface area contributed by atoms with Crippen LogP contribution in [0.15, 0.2) is 59.4 Å². The third kappa shape index (κ3) is 6.18. The third-order valence-electron chi connectivity index (χ3n) is 4.13. The van der Waals surface area contributed by atoms with E-state index in [2.05, 4.69) is 27.6 Å². The zero-order valence-corrected chi connectivity index (χ0v) is 16.5. The molecule has 0 fully saturated rings. The van der Waals surface area contributed by atoms with Gasteiger partial charge in [-0.15, -0.1) is 0 Å². The molecule has 29 heavy (non-hydrogen) atoms. The van der Waals surface area contributed by atoms with Crippen molar-refractivity contribution in [1.29, 1.82) is 0 Å². The normalized spacial score (nSPS) is 10.6. The maximum Gasteiger partial charge on any atom is 0.312 e. The molecule has 0 atom stereocenters. The van der Waals surface area contributed by atoms with E-state index >= 15 is 0 Å². The Bertz CT molecular complexity index is 1040. The minimum atomic E-state index is -0.580. The van der Waals surface area contributed by atoms with Crippen molar-refractivity contribution in [1.82, 2.24) is 15.5 Å². The van der Waals surface area contributed by atoms with Crippen LogP contribution < -0.4 is 10.9 Å². The van der Waals surface area contributed by atoms with E-state index in [1.807, 2.05) is 18.2 Å². The lowest BCUT2D eigenvalue weighted by Crippen LogP contribution is -2.31. The molecule has 8 heteroatoms. The summed E-state index contributed by atoms with van der Waals surface area (Å²) in [6.45, 7) is 0.156. The summed E-state index contributed by atoms with van der Waals surface area (Å²) in [5.74, 6) is 0.717. The van der Waals surface area contributed by atoms with Gasteiger partial charge in [-0.25, -0.2) is 5.10 Å². The van der Waals surface area contributed by atoms with Crippen molar-refractivity contribution in [3.63, 3.8) is 0 Å². The van der Waals surface area contributed by atoms with Crippen LogP contribution in [0.2, 0.25) is 0 Å². The van der Waals surface area contributed by atoms with Gasteiger partial charge in [-0.3, -0.25) is 14.4 Å². The highest BCUT2D eigenvalue weighted by molar-refractivity contribution is 7.98. The van der Waals surface area contributed by atoms with E-state index in [1.54, 1.807) is 36.0 Å². The molecule has 1 heterocycles. The fourth-order valence-corrected chi connectivity index (χ4v) is 3.54. The number of thioether (sulfide) groups is 1. The molecule has 0 bridgehead atoms. The second kappa shape index (κ2) is 10.4. The van der Waals surface area contributed by atoms with Gasteiger partial charge < -0.3 is 10.1 Å². The largest absolute Gasteiger partial charge is 0.455 e. The van der Waals surface area contributed by atoms with Crippen molar-refractivity contribution in [3.8, 4) is 0 Å². The van der Waals surface area contributed by atoms with E-state index in [9.17, 15) is 14.4 Å². The van der Waals surface area contributed by atoms with Crippen molar-refractivity contribution in [2.45, 2.75) is 12.2 Å². The van der Waals surface area contributed by atoms with Crippen molar-refractivity contribution in [3.05, 3.63) is 76.2 Å². The number of fused-ring (bicyclic) bond motifs is 1. The SMILES string of the molecule is O=C(COC(=O)Cc1n[nH]c(=O)c2ccccc12)NCCSCc1ccccc1. The zero-order valence-electron chi connectivity index (χ0n) is 15.7. The van der Waals surface area contributed by atoms with E-state index < -0.39 is 5.97 Å². The molecule has 7 nitrogen and oxygen atoms in total. The van der Waals surface area contributed by atoms with E-state index in [1.165, 1.54) is 5.56 Å². The van der Waals surface area contributed by atoms with Crippen LogP contribution in [-0.4, -0.2) is 41.0 Å². The first-order valence-electron chi connectivity index (χ1n) is 9.14. The summed E-state index contributed by atoms with van der Waals surface area (Å²) in [7, 11) is 0. The first-order valence-corrected chi connectivity index (χ1v) is 10.3. The molecule has 0 saturated carbocycles. The number of aromatic amines is 1. The van der Waals surface area contributed by atoms with E-state index in [0.29, 0.717) is 23.0 Å². The highest BCUT2D eigenvalue weighted by atomic mass is 32.2. The Balaban J connectivity index is 1.38. The fraction of sp³-hybridized carbons (Fsp3) is 0.238. The lowest BCUT2D eigenvalue weighted by atomic mass is 10.1. The lowest BCUT2D eigenvalue weighted by Gasteiger charge is -2.07. The first-order chi connectivity index (χ1) is 14.1. The Morgan fingerprint density at radius 3 is 2.55 bits per heavy atom. The molecule has 2 aromatic carbocycles. The molecule has 0 radical (unpaired) electrons. The second-order valence-electron chi connectivity index (χ2n) is 6.27. The van der Waals surface area contributed by atoms with Crippen molar-refractivity contribution in [2.75, 3.05) is 18.9 Å². The number of aromatic nitrogens is 2. The van der Waals surface area contributed by atoms with E-state index in [0.717, 1.165) is 11.5 Å². The number of rotatable bonds is 9. The van der Waals surface area contributed by atoms with Crippen LogP contribution in [0.1, 0.15) is 11.3 Å². The predicted octanol–water partition coefficient (Wildman–Crippen LogP) is 2.06. The Morgan fingerprint density at radius 2 is 1.76 bits per heavy atom. The van der Waals surface area contributed by atoms with Crippen molar-refractivity contribution in [2.24, 2.45) is 0 Å². The Morgan fingerprint density at radius 1 is 1.03 bits per heavy atom. The van der Waals surface area contributed by atoms with Crippen LogP contribution in [-0.2, 0) is 26.5 Å². The second-order valence-corrected chi connectivity index (χ2v) is 7.38. The van der Waals surface area contributed by atoms with Gasteiger partial charge in [-0.2, -0.15) is 16.9 Å². The number of benzene rings is 2. The Hall–Kier alpha value is -3.13. The van der Waals surface area contributed by atoms with Gasteiger partial charge >= 0.3 is 5.97 Å². The molecule has 0 spiro atoms. The predicted molar refractivity (Wildman–Crippen MR) is 113 cm³/mol. The fourth-order valence-electron chi connectivity index (χ4n) is 2.72. The number of carbonyl (C=O) groups excluding carboxylic acids is 2. The van der Waals surface area contributed by atoms with E-state index in [-0.39, 0.29) is 24.5 Å². The molecule has 3 aromatic rings. The monoisotopic (exact) mass is 411 g/mol. The minimum absolute atomic E-state index is 0.127. The Kier molecular flexibility index (Phi) is 7.40. The molecular formula is C21H21N3O4S. The molecule has 0 aliphatic carbocycles. The number of nitrogens with one attached hydrogen (secondary N) is 2. The maximum absolute atomic E-state index is 12.0. The van der Waals surface area contributed by atoms with Gasteiger partial charge in [0.15, 0.2) is 6.61 Å². The quantitative estimate of drug-likeness (QED) is 0.413. The highest BCUT2D eigenvalue weighted by Crippen LogP contribution is 2.13. The van der Waals surface area contributed by atoms with Crippen LogP contribution in [0.5, 0.6) is 0 Å². The molecule has 2 N–H and O–H groups in total. The number of carbonyl (C=O) groups is 2. The smallest absolute Gasteiger partial charge is 0.312 e. The number of ether oxygens (including phenoxy) is 1. The topological polar surface area (TPSA) is 101 Å². The molecule has 1 amide bonds. The minimum Gasteiger partial charge on any atom is -0.455 e. The maximum atomic E-state index is 12.0. The standard InChI is InChI=1S/C21H21N3O4S/c25-19(22-10-11-29-14-15-6-2-1-3-7-15)13-28-20(26)12-18-16-8-4-5-9-17(16)21(27)24-23-18/h1-9H,10-14H2,(H,22,25)(H,24,27). The summed E-state index contributed by atoms with van der Waals surface area (Å²) in [6, 6.07) is 17.0. The van der Waals surface area contributed by atoms with Gasteiger partial charge in [0.1, 0.15) is 0 Å². The summed E-state index contributed by atoms with van der Waals surface area (Å²) in [6.07, 6.45) is -0.127. The summed E-state index contributed by atoms with van der Waals surface area (Å²) >= 11 is 1.72. The van der Waals surface area contributed by atoms with Crippen LogP contribution in [0.4, 0.5) is 0 Å². The molecule has 3 rings (SSSR count). The molecule has 0 unspecified atom stereocenters. The van der Waals surface area contributed by atoms with Gasteiger partial charge in [0.25, 0.3) is 11.5 Å². The van der Waals surface area contributed by atoms with Crippen LogP contribution in [0.3, 0.4) is 0 Å². The van der Waals surface area contributed by atoms with Crippen LogP contribution in [0.25, 0.3) is 10.8 Å². The molecule has 1 aromatic heterocycles. The first kappa shape index (κ1) is 20.6. The number of esters is 1. The molecule has 0 aliphatic rings. The number of amides is 1. The number of hydrogen-bond donors (Lipinski definition) is 2. The van der Waals surface area contributed by atoms with Crippen LogP contribution in [0, 0.1) is 0 Å². The van der Waals surface area contributed by atoms with Gasteiger partial charge in [0.2, 0.25) is 0 Å². The Labute approximate surface area is 171 Å².